The molecule has 22 heavy (non-hydrogen) atoms. The molecule has 1 aliphatic heterocycles. The van der Waals surface area contributed by atoms with Crippen molar-refractivity contribution in [1.82, 2.24) is 9.80 Å². The maximum Gasteiger partial charge on any atom is 0.0793 e. The highest BCUT2D eigenvalue weighted by Crippen LogP contribution is 2.17. The summed E-state index contributed by atoms with van der Waals surface area (Å²) in [6.07, 6.45) is 2.08. The monoisotopic (exact) mass is 306 g/mol. The predicted molar refractivity (Wildman–Crippen MR) is 89.8 cm³/mol. The van der Waals surface area contributed by atoms with Crippen LogP contribution in [-0.4, -0.2) is 68.0 Å². The van der Waals surface area contributed by atoms with Crippen molar-refractivity contribution in [2.24, 2.45) is 5.92 Å². The molecule has 1 aromatic rings. The summed E-state index contributed by atoms with van der Waals surface area (Å²) in [5.74, 6) is 0.694. The van der Waals surface area contributed by atoms with E-state index in [0.29, 0.717) is 12.5 Å². The van der Waals surface area contributed by atoms with Crippen molar-refractivity contribution in [2.75, 3.05) is 46.9 Å². The maximum absolute atomic E-state index is 10.3. The summed E-state index contributed by atoms with van der Waals surface area (Å²) in [5, 5.41) is 10.3. The average Bonchev–Trinajstić information content (AvgIpc) is 2.50. The number of aliphatic hydroxyl groups is 1. The van der Waals surface area contributed by atoms with Crippen LogP contribution in [-0.2, 0) is 11.3 Å². The molecular formula is C18H30N2O2. The second kappa shape index (κ2) is 9.26. The Balaban J connectivity index is 1.66. The van der Waals surface area contributed by atoms with Crippen molar-refractivity contribution in [3.8, 4) is 0 Å². The highest BCUT2D eigenvalue weighted by Gasteiger charge is 2.21. The van der Waals surface area contributed by atoms with Crippen molar-refractivity contribution in [3.05, 3.63) is 35.9 Å². The van der Waals surface area contributed by atoms with Crippen LogP contribution < -0.4 is 0 Å². The van der Waals surface area contributed by atoms with E-state index in [1.807, 2.05) is 6.07 Å². The third-order valence-corrected chi connectivity index (χ3v) is 4.40. The van der Waals surface area contributed by atoms with Gasteiger partial charge in [-0.25, -0.2) is 0 Å². The molecule has 0 aromatic heterocycles. The Hall–Kier alpha value is -0.940. The lowest BCUT2D eigenvalue weighted by atomic mass is 9.97. The standard InChI is InChI=1S/C18H30N2O2/c1-19(12-16-6-4-3-5-7-16)13-18(21)14-20-10-8-17(9-11-20)15-22-2/h3-7,17-18,21H,8-15H2,1-2H3. The van der Waals surface area contributed by atoms with Gasteiger partial charge in [-0.1, -0.05) is 30.3 Å². The van der Waals surface area contributed by atoms with E-state index >= 15 is 0 Å². The molecule has 0 amide bonds. The zero-order valence-electron chi connectivity index (χ0n) is 13.9. The lowest BCUT2D eigenvalue weighted by molar-refractivity contribution is 0.0511. The largest absolute Gasteiger partial charge is 0.390 e. The van der Waals surface area contributed by atoms with Gasteiger partial charge < -0.3 is 14.7 Å². The van der Waals surface area contributed by atoms with Crippen molar-refractivity contribution >= 4 is 0 Å². The van der Waals surface area contributed by atoms with Crippen LogP contribution in [0.25, 0.3) is 0 Å². The number of methoxy groups -OCH3 is 1. The molecule has 1 atom stereocenters. The summed E-state index contributed by atoms with van der Waals surface area (Å²) in [6.45, 7) is 5.40. The molecule has 1 unspecified atom stereocenters. The quantitative estimate of drug-likeness (QED) is 0.795. The first kappa shape index (κ1) is 17.4. The van der Waals surface area contributed by atoms with Crippen molar-refractivity contribution in [1.29, 1.82) is 0 Å². The van der Waals surface area contributed by atoms with Crippen LogP contribution in [0.2, 0.25) is 0 Å². The second-order valence-corrected chi connectivity index (χ2v) is 6.54. The van der Waals surface area contributed by atoms with Gasteiger partial charge in [-0.3, -0.25) is 4.90 Å². The van der Waals surface area contributed by atoms with Crippen molar-refractivity contribution in [2.45, 2.75) is 25.5 Å². The Morgan fingerprint density at radius 3 is 2.59 bits per heavy atom. The fourth-order valence-electron chi connectivity index (χ4n) is 3.25. The summed E-state index contributed by atoms with van der Waals surface area (Å²) in [6, 6.07) is 10.4. The highest BCUT2D eigenvalue weighted by atomic mass is 16.5. The number of likely N-dealkylation sites (N-methyl/N-ethyl adjacent to an activating group) is 1. The number of ether oxygens (including phenoxy) is 1. The third-order valence-electron chi connectivity index (χ3n) is 4.40. The number of piperidine rings is 1. The normalized spacial score (nSPS) is 18.7. The molecule has 1 heterocycles. The zero-order valence-corrected chi connectivity index (χ0v) is 13.9. The van der Waals surface area contributed by atoms with Gasteiger partial charge in [0, 0.05) is 33.4 Å². The van der Waals surface area contributed by atoms with Gasteiger partial charge in [-0.2, -0.15) is 0 Å². The molecule has 124 valence electrons. The summed E-state index contributed by atoms with van der Waals surface area (Å²) < 4.78 is 5.23. The van der Waals surface area contributed by atoms with Crippen molar-refractivity contribution < 1.29 is 9.84 Å². The van der Waals surface area contributed by atoms with E-state index in [1.165, 1.54) is 18.4 Å². The van der Waals surface area contributed by atoms with Crippen molar-refractivity contribution in [3.63, 3.8) is 0 Å². The van der Waals surface area contributed by atoms with E-state index in [-0.39, 0.29) is 6.10 Å². The molecule has 2 rings (SSSR count). The predicted octanol–water partition coefficient (Wildman–Crippen LogP) is 1.84. The molecule has 0 radical (unpaired) electrons. The zero-order chi connectivity index (χ0) is 15.8. The molecule has 0 spiro atoms. The number of hydrogen-bond acceptors (Lipinski definition) is 4. The molecule has 0 saturated carbocycles. The lowest BCUT2D eigenvalue weighted by Gasteiger charge is -2.33. The Bertz CT molecular complexity index is 405. The first-order valence-electron chi connectivity index (χ1n) is 8.29. The molecule has 1 fully saturated rings. The van der Waals surface area contributed by atoms with Crippen LogP contribution in [0.5, 0.6) is 0 Å². The summed E-state index contributed by atoms with van der Waals surface area (Å²) in [5.41, 5.74) is 1.29. The molecule has 0 bridgehead atoms. The summed E-state index contributed by atoms with van der Waals surface area (Å²) in [7, 11) is 3.85. The number of rotatable bonds is 8. The Morgan fingerprint density at radius 2 is 1.95 bits per heavy atom. The molecule has 1 N–H and O–H groups in total. The Labute approximate surface area is 134 Å². The van der Waals surface area contributed by atoms with E-state index < -0.39 is 0 Å². The van der Waals surface area contributed by atoms with E-state index in [2.05, 4.69) is 41.1 Å². The third kappa shape index (κ3) is 6.05. The number of likely N-dealkylation sites (tertiary alicyclic amines) is 1. The fourth-order valence-corrected chi connectivity index (χ4v) is 3.25. The molecule has 0 aliphatic carbocycles. The Morgan fingerprint density at radius 1 is 1.27 bits per heavy atom. The molecule has 1 aliphatic rings. The van der Waals surface area contributed by atoms with Crippen LogP contribution in [0.4, 0.5) is 0 Å². The van der Waals surface area contributed by atoms with Crippen LogP contribution in [0.1, 0.15) is 18.4 Å². The number of benzene rings is 1. The van der Waals surface area contributed by atoms with Gasteiger partial charge in [-0.15, -0.1) is 0 Å². The Kier molecular flexibility index (Phi) is 7.33. The molecule has 1 aromatic carbocycles. The smallest absolute Gasteiger partial charge is 0.0793 e. The van der Waals surface area contributed by atoms with E-state index in [1.54, 1.807) is 7.11 Å². The molecule has 4 heteroatoms. The van der Waals surface area contributed by atoms with Crippen LogP contribution in [0.15, 0.2) is 30.3 Å². The van der Waals surface area contributed by atoms with Gasteiger partial charge in [0.2, 0.25) is 0 Å². The van der Waals surface area contributed by atoms with E-state index in [4.69, 9.17) is 4.74 Å². The minimum atomic E-state index is -0.285. The number of hydrogen-bond donors (Lipinski definition) is 1. The molecular weight excluding hydrogens is 276 g/mol. The topological polar surface area (TPSA) is 35.9 Å². The second-order valence-electron chi connectivity index (χ2n) is 6.54. The number of nitrogens with zero attached hydrogens (tertiary/aromatic N) is 2. The summed E-state index contributed by atoms with van der Waals surface area (Å²) in [4.78, 5) is 4.57. The maximum atomic E-state index is 10.3. The van der Waals surface area contributed by atoms with Gasteiger partial charge in [0.1, 0.15) is 0 Å². The van der Waals surface area contributed by atoms with Gasteiger partial charge in [0.15, 0.2) is 0 Å². The van der Waals surface area contributed by atoms with E-state index in [9.17, 15) is 5.11 Å². The van der Waals surface area contributed by atoms with E-state index in [0.717, 1.165) is 32.8 Å². The first-order valence-corrected chi connectivity index (χ1v) is 8.29. The minimum absolute atomic E-state index is 0.285. The van der Waals surface area contributed by atoms with Gasteiger partial charge in [0.05, 0.1) is 6.10 Å². The summed E-state index contributed by atoms with van der Waals surface area (Å²) >= 11 is 0. The first-order chi connectivity index (χ1) is 10.7. The van der Waals surface area contributed by atoms with Gasteiger partial charge >= 0.3 is 0 Å². The molecule has 4 nitrogen and oxygen atoms in total. The minimum Gasteiger partial charge on any atom is -0.390 e. The van der Waals surface area contributed by atoms with Crippen LogP contribution in [0.3, 0.4) is 0 Å². The average molecular weight is 306 g/mol. The van der Waals surface area contributed by atoms with Crippen LogP contribution in [0, 0.1) is 5.92 Å². The SMILES string of the molecule is COCC1CCN(CC(O)CN(C)Cc2ccccc2)CC1. The van der Waals surface area contributed by atoms with Gasteiger partial charge in [-0.05, 0) is 44.5 Å². The van der Waals surface area contributed by atoms with Crippen LogP contribution >= 0.6 is 0 Å². The number of aliphatic hydroxyl groups excluding tert-OH is 1. The number of β-amino-alcohol motifs (C(OH)–C–C–N with tert-alkyl or cyclic N) is 1. The van der Waals surface area contributed by atoms with Gasteiger partial charge in [0.25, 0.3) is 0 Å². The highest BCUT2D eigenvalue weighted by molar-refractivity contribution is 5.14. The lowest BCUT2D eigenvalue weighted by Crippen LogP contribution is -2.43. The molecule has 1 saturated heterocycles. The fraction of sp³-hybridized carbons (Fsp3) is 0.667.